The van der Waals surface area contributed by atoms with E-state index in [1.54, 1.807) is 0 Å². The van der Waals surface area contributed by atoms with Gasteiger partial charge in [-0.3, -0.25) is 4.79 Å². The van der Waals surface area contributed by atoms with Gasteiger partial charge in [-0.15, -0.1) is 0 Å². The molecule has 4 aliphatic carbocycles. The number of ether oxygens (including phenoxy) is 1. The number of hydrogen-bond acceptors (Lipinski definition) is 2. The zero-order chi connectivity index (χ0) is 17.6. The van der Waals surface area contributed by atoms with Gasteiger partial charge in [0.2, 0.25) is 0 Å². The van der Waals surface area contributed by atoms with Crippen LogP contribution >= 0.6 is 0 Å². The van der Waals surface area contributed by atoms with Crippen molar-refractivity contribution in [3.63, 3.8) is 0 Å². The molecule has 2 heteroatoms. The molecule has 0 unspecified atom stereocenters. The van der Waals surface area contributed by atoms with Gasteiger partial charge in [-0.1, -0.05) is 28.2 Å². The van der Waals surface area contributed by atoms with Crippen molar-refractivity contribution in [3.8, 4) is 0 Å². The van der Waals surface area contributed by atoms with Crippen molar-refractivity contribution in [2.45, 2.75) is 112 Å². The van der Waals surface area contributed by atoms with Crippen LogP contribution in [0, 0.1) is 28.6 Å². The van der Waals surface area contributed by atoms with E-state index < -0.39 is 0 Å². The second-order valence-corrected chi connectivity index (χ2v) is 10.1. The van der Waals surface area contributed by atoms with Crippen molar-refractivity contribution in [1.29, 1.82) is 0 Å². The molecule has 0 heterocycles. The molecule has 146 valence electrons. The molecule has 0 aromatic heterocycles. The Morgan fingerprint density at radius 3 is 1.72 bits per heavy atom. The number of carbonyl (C=O) groups is 1. The van der Waals surface area contributed by atoms with Crippen LogP contribution in [0.3, 0.4) is 0 Å². The maximum absolute atomic E-state index is 12.8. The van der Waals surface area contributed by atoms with Crippen molar-refractivity contribution < 1.29 is 9.53 Å². The summed E-state index contributed by atoms with van der Waals surface area (Å²) >= 11 is 0. The molecule has 0 N–H and O–H groups in total. The van der Waals surface area contributed by atoms with Gasteiger partial charge < -0.3 is 4.74 Å². The van der Waals surface area contributed by atoms with E-state index in [1.807, 2.05) is 13.8 Å². The van der Waals surface area contributed by atoms with Gasteiger partial charge in [0.25, 0.3) is 0 Å². The molecule has 0 radical (unpaired) electrons. The van der Waals surface area contributed by atoms with Crippen LogP contribution in [0.5, 0.6) is 0 Å². The van der Waals surface area contributed by atoms with E-state index in [4.69, 9.17) is 4.74 Å². The van der Waals surface area contributed by atoms with E-state index in [-0.39, 0.29) is 24.4 Å². The Morgan fingerprint density at radius 1 is 0.920 bits per heavy atom. The third-order valence-electron chi connectivity index (χ3n) is 7.90. The fourth-order valence-electron chi connectivity index (χ4n) is 6.35. The van der Waals surface area contributed by atoms with Crippen molar-refractivity contribution in [2.24, 2.45) is 28.6 Å². The first kappa shape index (κ1) is 20.8. The zero-order valence-corrected chi connectivity index (χ0v) is 16.6. The molecule has 4 aliphatic rings. The smallest absolute Gasteiger partial charge is 0.312 e. The van der Waals surface area contributed by atoms with E-state index in [2.05, 4.69) is 20.8 Å². The number of esters is 1. The summed E-state index contributed by atoms with van der Waals surface area (Å²) < 4.78 is 6.29. The minimum absolute atomic E-state index is 0. The first-order valence-electron chi connectivity index (χ1n) is 10.5. The Kier molecular flexibility index (Phi) is 6.01. The summed E-state index contributed by atoms with van der Waals surface area (Å²) in [6.07, 6.45) is 12.5. The van der Waals surface area contributed by atoms with Crippen LogP contribution in [0.1, 0.15) is 106 Å². The third-order valence-corrected chi connectivity index (χ3v) is 7.90. The van der Waals surface area contributed by atoms with E-state index in [0.29, 0.717) is 5.41 Å². The van der Waals surface area contributed by atoms with E-state index in [1.165, 1.54) is 38.5 Å². The number of carbonyl (C=O) groups excluding carboxylic acids is 1. The Hall–Kier alpha value is -0.530. The van der Waals surface area contributed by atoms with Gasteiger partial charge in [-0.25, -0.2) is 0 Å². The molecule has 4 bridgehead atoms. The molecule has 4 saturated carbocycles. The van der Waals surface area contributed by atoms with Gasteiger partial charge >= 0.3 is 5.97 Å². The minimum Gasteiger partial charge on any atom is -0.459 e. The lowest BCUT2D eigenvalue weighted by molar-refractivity contribution is -0.181. The van der Waals surface area contributed by atoms with Crippen LogP contribution in [0.15, 0.2) is 0 Å². The maximum Gasteiger partial charge on any atom is 0.312 e. The molecule has 0 spiro atoms. The summed E-state index contributed by atoms with van der Waals surface area (Å²) in [5.41, 5.74) is -0.135. The Bertz CT molecular complexity index is 437. The van der Waals surface area contributed by atoms with E-state index in [9.17, 15) is 4.79 Å². The summed E-state index contributed by atoms with van der Waals surface area (Å²) in [4.78, 5) is 12.8. The highest BCUT2D eigenvalue weighted by atomic mass is 16.6. The second-order valence-electron chi connectivity index (χ2n) is 10.1. The highest BCUT2D eigenvalue weighted by Gasteiger charge is 2.54. The van der Waals surface area contributed by atoms with Crippen LogP contribution in [0.25, 0.3) is 0 Å². The highest BCUT2D eigenvalue weighted by Crippen LogP contribution is 2.63. The van der Waals surface area contributed by atoms with Crippen LogP contribution in [0.4, 0.5) is 0 Å². The molecule has 0 amide bonds. The highest BCUT2D eigenvalue weighted by molar-refractivity contribution is 5.76. The van der Waals surface area contributed by atoms with Gasteiger partial charge in [-0.05, 0) is 101 Å². The molecular formula is C23H42O2. The van der Waals surface area contributed by atoms with E-state index >= 15 is 0 Å². The zero-order valence-electron chi connectivity index (χ0n) is 16.6. The molecule has 0 atom stereocenters. The maximum atomic E-state index is 12.8. The molecule has 0 aromatic rings. The largest absolute Gasteiger partial charge is 0.459 e. The summed E-state index contributed by atoms with van der Waals surface area (Å²) in [6.45, 7) is 10.6. The van der Waals surface area contributed by atoms with Crippen molar-refractivity contribution in [3.05, 3.63) is 0 Å². The quantitative estimate of drug-likeness (QED) is 0.474. The molecule has 0 aromatic carbocycles. The molecule has 25 heavy (non-hydrogen) atoms. The minimum atomic E-state index is -0.364. The average Bonchev–Trinajstić information content (AvgIpc) is 2.52. The normalized spacial score (nSPS) is 33.9. The lowest BCUT2D eigenvalue weighted by Gasteiger charge is -2.59. The molecular weight excluding hydrogens is 308 g/mol. The number of hydrogen-bond donors (Lipinski definition) is 0. The SMILES string of the molecule is C.CCC(CC)(CC12CC3CC(CC(C3)C1)C2)OC(=O)C(C)(C)CC. The standard InChI is InChI=1S/C22H38O2.CH4/c1-6-20(4,5)19(23)24-22(7-2,8-3)15-21-12-16-9-17(13-21)11-18(10-16)14-21;/h16-18H,6-15H2,1-5H3;1H4. The molecule has 0 aliphatic heterocycles. The lowest BCUT2D eigenvalue weighted by Crippen LogP contribution is -2.51. The average molecular weight is 351 g/mol. The van der Waals surface area contributed by atoms with Gasteiger partial charge in [0.15, 0.2) is 0 Å². The van der Waals surface area contributed by atoms with Crippen molar-refractivity contribution in [2.75, 3.05) is 0 Å². The summed E-state index contributed by atoms with van der Waals surface area (Å²) in [5.74, 6) is 2.90. The molecule has 4 fully saturated rings. The number of rotatable bonds is 7. The molecule has 2 nitrogen and oxygen atoms in total. The first-order chi connectivity index (χ1) is 11.3. The van der Waals surface area contributed by atoms with E-state index in [0.717, 1.165) is 43.4 Å². The van der Waals surface area contributed by atoms with Crippen LogP contribution < -0.4 is 0 Å². The van der Waals surface area contributed by atoms with Gasteiger partial charge in [0.05, 0.1) is 5.41 Å². The summed E-state index contributed by atoms with van der Waals surface area (Å²) in [5, 5.41) is 0. The topological polar surface area (TPSA) is 26.3 Å². The Labute approximate surface area is 156 Å². The molecule has 4 rings (SSSR count). The van der Waals surface area contributed by atoms with Crippen LogP contribution in [-0.2, 0) is 9.53 Å². The van der Waals surface area contributed by atoms with Gasteiger partial charge in [0, 0.05) is 0 Å². The second kappa shape index (κ2) is 7.24. The monoisotopic (exact) mass is 350 g/mol. The molecule has 0 saturated heterocycles. The van der Waals surface area contributed by atoms with Gasteiger partial charge in [-0.2, -0.15) is 0 Å². The fourth-order valence-corrected chi connectivity index (χ4v) is 6.35. The Morgan fingerprint density at radius 2 is 1.36 bits per heavy atom. The predicted octanol–water partition coefficient (Wildman–Crippen LogP) is 6.77. The summed E-state index contributed by atoms with van der Waals surface area (Å²) in [7, 11) is 0. The Balaban J connectivity index is 0.00000225. The van der Waals surface area contributed by atoms with Crippen molar-refractivity contribution in [1.82, 2.24) is 0 Å². The fraction of sp³-hybridized carbons (Fsp3) is 0.957. The lowest BCUT2D eigenvalue weighted by atomic mass is 9.47. The van der Waals surface area contributed by atoms with Crippen LogP contribution in [-0.4, -0.2) is 11.6 Å². The summed E-state index contributed by atoms with van der Waals surface area (Å²) in [6, 6.07) is 0. The third kappa shape index (κ3) is 3.93. The van der Waals surface area contributed by atoms with Crippen LogP contribution in [0.2, 0.25) is 0 Å². The van der Waals surface area contributed by atoms with Crippen molar-refractivity contribution >= 4 is 5.97 Å². The van der Waals surface area contributed by atoms with Gasteiger partial charge in [0.1, 0.15) is 5.60 Å². The predicted molar refractivity (Wildman–Crippen MR) is 105 cm³/mol. The first-order valence-corrected chi connectivity index (χ1v) is 10.5.